The van der Waals surface area contributed by atoms with Crippen molar-refractivity contribution in [2.75, 3.05) is 4.72 Å². The Hall–Kier alpha value is -2.01. The van der Waals surface area contributed by atoms with Gasteiger partial charge < -0.3 is 5.11 Å². The van der Waals surface area contributed by atoms with Gasteiger partial charge in [0.15, 0.2) is 0 Å². The summed E-state index contributed by atoms with van der Waals surface area (Å²) >= 11 is 1.11. The van der Waals surface area contributed by atoms with Crippen molar-refractivity contribution >= 4 is 32.5 Å². The fourth-order valence-corrected chi connectivity index (χ4v) is 3.10. The SMILES string of the molecule is Cc1nnc(NS(=O)(=O)c2cnn(CCC(=O)O)c2)s1. The number of carbonyl (C=O) groups is 1. The van der Waals surface area contributed by atoms with Crippen molar-refractivity contribution in [2.24, 2.45) is 0 Å². The lowest BCUT2D eigenvalue weighted by Gasteiger charge is -2.01. The van der Waals surface area contributed by atoms with Gasteiger partial charge in [-0.15, -0.1) is 10.2 Å². The van der Waals surface area contributed by atoms with Gasteiger partial charge in [-0.05, 0) is 6.92 Å². The largest absolute Gasteiger partial charge is 0.481 e. The Bertz CT molecular complexity index is 720. The second kappa shape index (κ2) is 5.54. The molecule has 0 aliphatic carbocycles. The number of nitrogens with zero attached hydrogens (tertiary/aromatic N) is 4. The molecule has 2 N–H and O–H groups in total. The lowest BCUT2D eigenvalue weighted by molar-refractivity contribution is -0.137. The fourth-order valence-electron chi connectivity index (χ4n) is 1.33. The van der Waals surface area contributed by atoms with Gasteiger partial charge in [0.05, 0.1) is 19.2 Å². The average Bonchev–Trinajstić information content (AvgIpc) is 2.95. The number of nitrogens with one attached hydrogen (secondary N) is 1. The molecule has 0 aliphatic rings. The zero-order valence-corrected chi connectivity index (χ0v) is 12.0. The van der Waals surface area contributed by atoms with E-state index in [2.05, 4.69) is 20.0 Å². The minimum absolute atomic E-state index is 0.0595. The molecular weight excluding hydrogens is 306 g/mol. The number of sulfonamides is 1. The summed E-state index contributed by atoms with van der Waals surface area (Å²) in [7, 11) is -3.79. The monoisotopic (exact) mass is 317 g/mol. The van der Waals surface area contributed by atoms with E-state index in [1.165, 1.54) is 10.9 Å². The first-order valence-corrected chi connectivity index (χ1v) is 7.74. The van der Waals surface area contributed by atoms with E-state index in [0.717, 1.165) is 17.5 Å². The van der Waals surface area contributed by atoms with Crippen LogP contribution in [0.1, 0.15) is 11.4 Å². The van der Waals surface area contributed by atoms with Crippen LogP contribution in [0.4, 0.5) is 5.13 Å². The maximum absolute atomic E-state index is 12.0. The molecule has 2 rings (SSSR count). The van der Waals surface area contributed by atoms with Gasteiger partial charge in [-0.25, -0.2) is 8.42 Å². The molecule has 0 fully saturated rings. The molecule has 0 aliphatic heterocycles. The van der Waals surface area contributed by atoms with Crippen LogP contribution in [0.3, 0.4) is 0 Å². The number of aryl methyl sites for hydroxylation is 2. The van der Waals surface area contributed by atoms with Gasteiger partial charge >= 0.3 is 5.97 Å². The molecule has 2 aromatic heterocycles. The smallest absolute Gasteiger partial charge is 0.305 e. The van der Waals surface area contributed by atoms with Crippen LogP contribution in [0.5, 0.6) is 0 Å². The summed E-state index contributed by atoms with van der Waals surface area (Å²) in [4.78, 5) is 10.4. The van der Waals surface area contributed by atoms with Crippen LogP contribution in [-0.4, -0.2) is 39.5 Å². The topological polar surface area (TPSA) is 127 Å². The van der Waals surface area contributed by atoms with E-state index >= 15 is 0 Å². The Balaban J connectivity index is 2.11. The molecular formula is C9H11N5O4S2. The van der Waals surface area contributed by atoms with Crippen LogP contribution in [0, 0.1) is 6.92 Å². The number of anilines is 1. The molecule has 108 valence electrons. The van der Waals surface area contributed by atoms with E-state index in [4.69, 9.17) is 5.11 Å². The molecule has 0 aromatic carbocycles. The van der Waals surface area contributed by atoms with Crippen molar-refractivity contribution in [1.29, 1.82) is 0 Å². The van der Waals surface area contributed by atoms with E-state index in [-0.39, 0.29) is 23.0 Å². The summed E-state index contributed by atoms with van der Waals surface area (Å²) in [5, 5.41) is 20.5. The van der Waals surface area contributed by atoms with Crippen molar-refractivity contribution in [2.45, 2.75) is 24.8 Å². The molecule has 0 spiro atoms. The number of hydrogen-bond donors (Lipinski definition) is 2. The van der Waals surface area contributed by atoms with Crippen LogP contribution in [0.2, 0.25) is 0 Å². The molecule has 20 heavy (non-hydrogen) atoms. The van der Waals surface area contributed by atoms with Gasteiger partial charge in [-0.3, -0.25) is 14.2 Å². The lowest BCUT2D eigenvalue weighted by atomic mass is 10.4. The molecule has 2 aromatic rings. The number of aliphatic carboxylic acids is 1. The summed E-state index contributed by atoms with van der Waals surface area (Å²) in [6, 6.07) is 0. The van der Waals surface area contributed by atoms with Gasteiger partial charge in [0, 0.05) is 6.20 Å². The summed E-state index contributed by atoms with van der Waals surface area (Å²) in [6.07, 6.45) is 2.28. The fraction of sp³-hybridized carbons (Fsp3) is 0.333. The summed E-state index contributed by atoms with van der Waals surface area (Å²) < 4.78 is 27.6. The predicted molar refractivity (Wildman–Crippen MR) is 69.9 cm³/mol. The van der Waals surface area contributed by atoms with E-state index < -0.39 is 16.0 Å². The van der Waals surface area contributed by atoms with Crippen molar-refractivity contribution in [3.63, 3.8) is 0 Å². The Kier molecular flexibility index (Phi) is 3.99. The van der Waals surface area contributed by atoms with Crippen LogP contribution in [0.15, 0.2) is 17.3 Å². The number of aromatic nitrogens is 4. The Morgan fingerprint density at radius 3 is 2.85 bits per heavy atom. The van der Waals surface area contributed by atoms with Gasteiger partial charge in [-0.2, -0.15) is 5.10 Å². The third-order valence-electron chi connectivity index (χ3n) is 2.22. The van der Waals surface area contributed by atoms with Gasteiger partial charge in [0.25, 0.3) is 10.0 Å². The number of carboxylic acids is 1. The Morgan fingerprint density at radius 1 is 1.50 bits per heavy atom. The molecule has 0 saturated heterocycles. The number of carboxylic acid groups (broad SMARTS) is 1. The van der Waals surface area contributed by atoms with Crippen LogP contribution >= 0.6 is 11.3 Å². The number of hydrogen-bond acceptors (Lipinski definition) is 7. The molecule has 11 heteroatoms. The molecule has 0 amide bonds. The first-order chi connectivity index (χ1) is 9.37. The van der Waals surface area contributed by atoms with Crippen molar-refractivity contribution in [3.05, 3.63) is 17.4 Å². The van der Waals surface area contributed by atoms with Gasteiger partial charge in [-0.1, -0.05) is 11.3 Å². The minimum Gasteiger partial charge on any atom is -0.481 e. The second-order valence-electron chi connectivity index (χ2n) is 3.81. The molecule has 2 heterocycles. The minimum atomic E-state index is -3.79. The highest BCUT2D eigenvalue weighted by atomic mass is 32.2. The van der Waals surface area contributed by atoms with Crippen molar-refractivity contribution in [1.82, 2.24) is 20.0 Å². The normalized spacial score (nSPS) is 11.4. The predicted octanol–water partition coefficient (Wildman–Crippen LogP) is 0.319. The highest BCUT2D eigenvalue weighted by molar-refractivity contribution is 7.93. The van der Waals surface area contributed by atoms with Crippen LogP contribution < -0.4 is 4.72 Å². The summed E-state index contributed by atoms with van der Waals surface area (Å²) in [5.41, 5.74) is 0. The van der Waals surface area contributed by atoms with Crippen molar-refractivity contribution in [3.8, 4) is 0 Å². The Morgan fingerprint density at radius 2 is 2.25 bits per heavy atom. The highest BCUT2D eigenvalue weighted by Crippen LogP contribution is 2.18. The first-order valence-electron chi connectivity index (χ1n) is 5.44. The van der Waals surface area contributed by atoms with E-state index in [1.807, 2.05) is 0 Å². The third kappa shape index (κ3) is 3.51. The molecule has 9 nitrogen and oxygen atoms in total. The molecule has 0 bridgehead atoms. The third-order valence-corrected chi connectivity index (χ3v) is 4.40. The Labute approximate surface area is 118 Å². The maximum Gasteiger partial charge on any atom is 0.305 e. The van der Waals surface area contributed by atoms with E-state index in [0.29, 0.717) is 5.01 Å². The van der Waals surface area contributed by atoms with Crippen LogP contribution in [-0.2, 0) is 21.4 Å². The maximum atomic E-state index is 12.0. The van der Waals surface area contributed by atoms with Crippen molar-refractivity contribution < 1.29 is 18.3 Å². The standard InChI is InChI=1S/C9H11N5O4S2/c1-6-11-12-9(19-6)13-20(17,18)7-4-10-14(5-7)3-2-8(15)16/h4-5H,2-3H2,1H3,(H,12,13)(H,15,16). The summed E-state index contributed by atoms with van der Waals surface area (Å²) in [5.74, 6) is -0.979. The van der Waals surface area contributed by atoms with Gasteiger partial charge in [0.2, 0.25) is 5.13 Å². The second-order valence-corrected chi connectivity index (χ2v) is 6.68. The quantitative estimate of drug-likeness (QED) is 0.785. The van der Waals surface area contributed by atoms with Crippen LogP contribution in [0.25, 0.3) is 0 Å². The molecule has 0 atom stereocenters. The first kappa shape index (κ1) is 14.4. The molecule has 0 saturated carbocycles. The van der Waals surface area contributed by atoms with E-state index in [1.54, 1.807) is 6.92 Å². The highest BCUT2D eigenvalue weighted by Gasteiger charge is 2.18. The average molecular weight is 317 g/mol. The molecule has 0 unspecified atom stereocenters. The zero-order chi connectivity index (χ0) is 14.8. The number of rotatable bonds is 6. The lowest BCUT2D eigenvalue weighted by Crippen LogP contribution is -2.12. The van der Waals surface area contributed by atoms with Gasteiger partial charge in [0.1, 0.15) is 9.90 Å². The van der Waals surface area contributed by atoms with E-state index in [9.17, 15) is 13.2 Å². The molecule has 0 radical (unpaired) electrons. The summed E-state index contributed by atoms with van der Waals surface area (Å²) in [6.45, 7) is 1.81. The zero-order valence-electron chi connectivity index (χ0n) is 10.3.